The predicted molar refractivity (Wildman–Crippen MR) is 126 cm³/mol. The Labute approximate surface area is 193 Å². The van der Waals surface area contributed by atoms with Crippen molar-refractivity contribution in [3.63, 3.8) is 0 Å². The van der Waals surface area contributed by atoms with Crippen molar-refractivity contribution < 1.29 is 18.8 Å². The summed E-state index contributed by atoms with van der Waals surface area (Å²) in [4.78, 5) is 42.2. The number of nitrogens with zero attached hydrogens (tertiary/aromatic N) is 2. The van der Waals surface area contributed by atoms with E-state index in [0.29, 0.717) is 36.5 Å². The van der Waals surface area contributed by atoms with Crippen LogP contribution < -0.4 is 5.32 Å². The van der Waals surface area contributed by atoms with Crippen molar-refractivity contribution in [1.82, 2.24) is 9.80 Å². The quantitative estimate of drug-likeness (QED) is 0.645. The van der Waals surface area contributed by atoms with Crippen LogP contribution in [-0.4, -0.2) is 53.2 Å². The van der Waals surface area contributed by atoms with Crippen molar-refractivity contribution in [3.8, 4) is 11.3 Å². The standard InChI is InChI=1S/C26H27N3O4/c1-3-24(30)29-14-13-28(17-22(29)25(31)27-21-11-9-18(2)10-12-21)26(32)20-7-4-6-19(16-20)23-8-5-15-33-23/h4-12,15-16,22H,3,13-14,17H2,1-2H3,(H,27,31). The van der Waals surface area contributed by atoms with E-state index in [0.717, 1.165) is 11.1 Å². The molecule has 1 saturated heterocycles. The summed E-state index contributed by atoms with van der Waals surface area (Å²) in [5.41, 5.74) is 3.06. The molecule has 0 bridgehead atoms. The maximum absolute atomic E-state index is 13.3. The highest BCUT2D eigenvalue weighted by atomic mass is 16.3. The Kier molecular flexibility index (Phi) is 6.58. The van der Waals surface area contributed by atoms with Gasteiger partial charge in [-0.25, -0.2) is 0 Å². The second-order valence-corrected chi connectivity index (χ2v) is 8.12. The Morgan fingerprint density at radius 2 is 1.82 bits per heavy atom. The molecule has 2 heterocycles. The summed E-state index contributed by atoms with van der Waals surface area (Å²) >= 11 is 0. The number of furan rings is 1. The van der Waals surface area contributed by atoms with Crippen molar-refractivity contribution in [2.24, 2.45) is 0 Å². The molecule has 2 aromatic carbocycles. The van der Waals surface area contributed by atoms with Crippen LogP contribution in [0.15, 0.2) is 71.3 Å². The molecule has 7 heteroatoms. The van der Waals surface area contributed by atoms with Crippen LogP contribution in [0.25, 0.3) is 11.3 Å². The smallest absolute Gasteiger partial charge is 0.254 e. The zero-order valence-electron chi connectivity index (χ0n) is 18.8. The van der Waals surface area contributed by atoms with E-state index in [1.807, 2.05) is 49.4 Å². The van der Waals surface area contributed by atoms with E-state index >= 15 is 0 Å². The van der Waals surface area contributed by atoms with Crippen LogP contribution in [0.1, 0.15) is 29.3 Å². The lowest BCUT2D eigenvalue weighted by Crippen LogP contribution is -2.60. The largest absolute Gasteiger partial charge is 0.464 e. The number of benzene rings is 2. The highest BCUT2D eigenvalue weighted by Gasteiger charge is 2.36. The van der Waals surface area contributed by atoms with Gasteiger partial charge in [0.15, 0.2) is 0 Å². The van der Waals surface area contributed by atoms with Crippen molar-refractivity contribution in [1.29, 1.82) is 0 Å². The van der Waals surface area contributed by atoms with E-state index in [1.165, 1.54) is 0 Å². The summed E-state index contributed by atoms with van der Waals surface area (Å²) in [7, 11) is 0. The number of amides is 3. The summed E-state index contributed by atoms with van der Waals surface area (Å²) < 4.78 is 5.44. The van der Waals surface area contributed by atoms with Crippen LogP contribution in [0.3, 0.4) is 0 Å². The topological polar surface area (TPSA) is 82.9 Å². The van der Waals surface area contributed by atoms with E-state index in [4.69, 9.17) is 4.42 Å². The minimum Gasteiger partial charge on any atom is -0.464 e. The highest BCUT2D eigenvalue weighted by Crippen LogP contribution is 2.23. The molecule has 3 amide bonds. The number of hydrogen-bond donors (Lipinski definition) is 1. The molecule has 1 atom stereocenters. The fraction of sp³-hybridized carbons (Fsp3) is 0.269. The number of rotatable bonds is 5. The Morgan fingerprint density at radius 3 is 2.52 bits per heavy atom. The molecule has 7 nitrogen and oxygen atoms in total. The lowest BCUT2D eigenvalue weighted by atomic mass is 10.1. The van der Waals surface area contributed by atoms with Gasteiger partial charge in [0.05, 0.1) is 12.8 Å². The Hall–Kier alpha value is -3.87. The lowest BCUT2D eigenvalue weighted by molar-refractivity contribution is -0.141. The Bertz CT molecular complexity index is 1140. The molecule has 0 aliphatic carbocycles. The van der Waals surface area contributed by atoms with Crippen molar-refractivity contribution >= 4 is 23.4 Å². The second-order valence-electron chi connectivity index (χ2n) is 8.12. The van der Waals surface area contributed by atoms with Gasteiger partial charge in [-0.2, -0.15) is 0 Å². The molecule has 0 spiro atoms. The molecule has 1 N–H and O–H groups in total. The molecule has 1 aliphatic rings. The third kappa shape index (κ3) is 4.98. The third-order valence-electron chi connectivity index (χ3n) is 5.83. The van der Waals surface area contributed by atoms with Crippen molar-refractivity contribution in [2.75, 3.05) is 25.0 Å². The minimum absolute atomic E-state index is 0.106. The van der Waals surface area contributed by atoms with Gasteiger partial charge in [0.1, 0.15) is 11.8 Å². The van der Waals surface area contributed by atoms with Crippen LogP contribution >= 0.6 is 0 Å². The van der Waals surface area contributed by atoms with Gasteiger partial charge in [-0.05, 0) is 43.3 Å². The molecule has 1 fully saturated rings. The van der Waals surface area contributed by atoms with E-state index in [9.17, 15) is 14.4 Å². The summed E-state index contributed by atoms with van der Waals surface area (Å²) in [6.45, 7) is 4.55. The van der Waals surface area contributed by atoms with E-state index in [1.54, 1.807) is 41.2 Å². The van der Waals surface area contributed by atoms with Crippen LogP contribution in [0.4, 0.5) is 5.69 Å². The normalized spacial score (nSPS) is 15.9. The molecular formula is C26H27N3O4. The number of aryl methyl sites for hydroxylation is 1. The lowest BCUT2D eigenvalue weighted by Gasteiger charge is -2.40. The molecule has 1 unspecified atom stereocenters. The monoisotopic (exact) mass is 445 g/mol. The number of nitrogens with one attached hydrogen (secondary N) is 1. The van der Waals surface area contributed by atoms with E-state index in [2.05, 4.69) is 5.32 Å². The number of carbonyl (C=O) groups excluding carboxylic acids is 3. The maximum Gasteiger partial charge on any atom is 0.254 e. The van der Waals surface area contributed by atoms with Gasteiger partial charge in [0, 0.05) is 36.3 Å². The Morgan fingerprint density at radius 1 is 1.03 bits per heavy atom. The van der Waals surface area contributed by atoms with Gasteiger partial charge < -0.3 is 19.5 Å². The Balaban J connectivity index is 1.54. The average molecular weight is 446 g/mol. The molecule has 0 radical (unpaired) electrons. The minimum atomic E-state index is -0.760. The molecule has 0 saturated carbocycles. The summed E-state index contributed by atoms with van der Waals surface area (Å²) in [5, 5.41) is 2.89. The van der Waals surface area contributed by atoms with Gasteiger partial charge in [-0.3, -0.25) is 14.4 Å². The fourth-order valence-corrected chi connectivity index (χ4v) is 3.99. The second kappa shape index (κ2) is 9.73. The van der Waals surface area contributed by atoms with Crippen LogP contribution in [0, 0.1) is 6.92 Å². The summed E-state index contributed by atoms with van der Waals surface area (Å²) in [6, 6.07) is 17.6. The highest BCUT2D eigenvalue weighted by molar-refractivity contribution is 5.99. The van der Waals surface area contributed by atoms with Crippen molar-refractivity contribution in [3.05, 3.63) is 78.1 Å². The summed E-state index contributed by atoms with van der Waals surface area (Å²) in [6.07, 6.45) is 1.89. The number of carbonyl (C=O) groups is 3. The van der Waals surface area contributed by atoms with Crippen LogP contribution in [0.2, 0.25) is 0 Å². The number of hydrogen-bond acceptors (Lipinski definition) is 4. The number of piperazine rings is 1. The first-order valence-electron chi connectivity index (χ1n) is 11.1. The SMILES string of the molecule is CCC(=O)N1CCN(C(=O)c2cccc(-c3ccco3)c2)CC1C(=O)Nc1ccc(C)cc1. The molecule has 170 valence electrons. The predicted octanol–water partition coefficient (Wildman–Crippen LogP) is 3.96. The molecule has 3 aromatic rings. The van der Waals surface area contributed by atoms with Gasteiger partial charge in [0.25, 0.3) is 5.91 Å². The zero-order valence-corrected chi connectivity index (χ0v) is 18.8. The van der Waals surface area contributed by atoms with E-state index < -0.39 is 6.04 Å². The first-order valence-corrected chi connectivity index (χ1v) is 11.1. The first kappa shape index (κ1) is 22.3. The molecule has 4 rings (SSSR count). The average Bonchev–Trinajstić information content (AvgIpc) is 3.39. The number of anilines is 1. The molecule has 33 heavy (non-hydrogen) atoms. The zero-order chi connectivity index (χ0) is 23.4. The fourth-order valence-electron chi connectivity index (χ4n) is 3.99. The first-order chi connectivity index (χ1) is 16.0. The summed E-state index contributed by atoms with van der Waals surface area (Å²) in [5.74, 6) is 0.0898. The maximum atomic E-state index is 13.3. The van der Waals surface area contributed by atoms with Gasteiger partial charge in [-0.15, -0.1) is 0 Å². The van der Waals surface area contributed by atoms with Gasteiger partial charge >= 0.3 is 0 Å². The van der Waals surface area contributed by atoms with Crippen molar-refractivity contribution in [2.45, 2.75) is 26.3 Å². The van der Waals surface area contributed by atoms with Gasteiger partial charge in [0.2, 0.25) is 11.8 Å². The van der Waals surface area contributed by atoms with Crippen LogP contribution in [-0.2, 0) is 9.59 Å². The molecule has 1 aromatic heterocycles. The van der Waals surface area contributed by atoms with E-state index in [-0.39, 0.29) is 24.3 Å². The molecular weight excluding hydrogens is 418 g/mol. The molecule has 1 aliphatic heterocycles. The van der Waals surface area contributed by atoms with Crippen LogP contribution in [0.5, 0.6) is 0 Å². The van der Waals surface area contributed by atoms with Gasteiger partial charge in [-0.1, -0.05) is 36.8 Å². The third-order valence-corrected chi connectivity index (χ3v) is 5.83.